The summed E-state index contributed by atoms with van der Waals surface area (Å²) in [6, 6.07) is 3.11. The van der Waals surface area contributed by atoms with Crippen LogP contribution in [0.25, 0.3) is 0 Å². The highest BCUT2D eigenvalue weighted by Crippen LogP contribution is 2.26. The summed E-state index contributed by atoms with van der Waals surface area (Å²) in [6.07, 6.45) is 8.41. The predicted octanol–water partition coefficient (Wildman–Crippen LogP) is 3.68. The zero-order valence-corrected chi connectivity index (χ0v) is 15.9. The van der Waals surface area contributed by atoms with Crippen LogP contribution in [0.15, 0.2) is 24.5 Å². The Morgan fingerprint density at radius 1 is 1.27 bits per heavy atom. The third-order valence-corrected chi connectivity index (χ3v) is 4.32. The monoisotopic (exact) mass is 362 g/mol. The van der Waals surface area contributed by atoms with Crippen molar-refractivity contribution in [3.05, 3.63) is 24.5 Å². The van der Waals surface area contributed by atoms with Gasteiger partial charge in [0.2, 0.25) is 0 Å². The van der Waals surface area contributed by atoms with E-state index in [4.69, 9.17) is 4.74 Å². The lowest BCUT2D eigenvalue weighted by atomic mass is 9.84. The van der Waals surface area contributed by atoms with Crippen LogP contribution in [0.4, 0.5) is 15.3 Å². The molecule has 7 nitrogen and oxygen atoms in total. The van der Waals surface area contributed by atoms with Gasteiger partial charge in [0.1, 0.15) is 5.60 Å². The Bertz CT molecular complexity index is 580. The number of carbonyl (C=O) groups excluding carboxylic acids is 2. The first-order valence-electron chi connectivity index (χ1n) is 9.28. The van der Waals surface area contributed by atoms with Crippen molar-refractivity contribution in [1.82, 2.24) is 15.6 Å². The molecule has 0 spiro atoms. The SMILES string of the molecule is CC(C)(C)OC(=O)NC[C@H](NC(=O)Nc1cccnc1)C1CCCCC1. The van der Waals surface area contributed by atoms with Crippen LogP contribution in [0.5, 0.6) is 0 Å². The van der Waals surface area contributed by atoms with E-state index in [-0.39, 0.29) is 12.1 Å². The van der Waals surface area contributed by atoms with Gasteiger partial charge in [0.15, 0.2) is 0 Å². The number of ether oxygens (including phenoxy) is 1. The molecule has 0 aliphatic heterocycles. The zero-order chi connectivity index (χ0) is 19.0. The second-order valence-electron chi connectivity index (χ2n) is 7.73. The van der Waals surface area contributed by atoms with Crippen LogP contribution in [0, 0.1) is 5.92 Å². The molecule has 1 atom stereocenters. The number of nitrogens with zero attached hydrogens (tertiary/aromatic N) is 1. The van der Waals surface area contributed by atoms with E-state index in [9.17, 15) is 9.59 Å². The second-order valence-corrected chi connectivity index (χ2v) is 7.73. The first-order valence-corrected chi connectivity index (χ1v) is 9.28. The molecule has 1 saturated carbocycles. The van der Waals surface area contributed by atoms with Gasteiger partial charge in [-0.25, -0.2) is 9.59 Å². The lowest BCUT2D eigenvalue weighted by Gasteiger charge is -2.31. The fraction of sp³-hybridized carbons (Fsp3) is 0.632. The van der Waals surface area contributed by atoms with E-state index in [2.05, 4.69) is 20.9 Å². The Hall–Kier alpha value is -2.31. The number of rotatable bonds is 5. The first kappa shape index (κ1) is 20.0. The molecule has 3 N–H and O–H groups in total. The van der Waals surface area contributed by atoms with Gasteiger partial charge in [0, 0.05) is 12.7 Å². The van der Waals surface area contributed by atoms with Crippen LogP contribution < -0.4 is 16.0 Å². The molecule has 1 fully saturated rings. The molecule has 2 rings (SSSR count). The van der Waals surface area contributed by atoms with Gasteiger partial charge in [-0.05, 0) is 51.7 Å². The Kier molecular flexibility index (Phi) is 7.24. The van der Waals surface area contributed by atoms with Crippen LogP contribution in [0.2, 0.25) is 0 Å². The minimum absolute atomic E-state index is 0.139. The number of nitrogens with one attached hydrogen (secondary N) is 3. The smallest absolute Gasteiger partial charge is 0.407 e. The number of hydrogen-bond donors (Lipinski definition) is 3. The van der Waals surface area contributed by atoms with Gasteiger partial charge < -0.3 is 20.7 Å². The number of hydrogen-bond acceptors (Lipinski definition) is 4. The zero-order valence-electron chi connectivity index (χ0n) is 15.9. The molecule has 0 radical (unpaired) electrons. The highest BCUT2D eigenvalue weighted by atomic mass is 16.6. The van der Waals surface area contributed by atoms with Crippen LogP contribution in [0.1, 0.15) is 52.9 Å². The molecule has 26 heavy (non-hydrogen) atoms. The van der Waals surface area contributed by atoms with Crippen molar-refractivity contribution in [2.75, 3.05) is 11.9 Å². The van der Waals surface area contributed by atoms with E-state index in [0.717, 1.165) is 25.7 Å². The second kappa shape index (κ2) is 9.40. The van der Waals surface area contributed by atoms with Crippen molar-refractivity contribution in [3.8, 4) is 0 Å². The van der Waals surface area contributed by atoms with Crippen molar-refractivity contribution in [3.63, 3.8) is 0 Å². The summed E-state index contributed by atoms with van der Waals surface area (Å²) in [6.45, 7) is 5.82. The maximum absolute atomic E-state index is 12.3. The Balaban J connectivity index is 1.92. The third-order valence-electron chi connectivity index (χ3n) is 4.32. The fourth-order valence-corrected chi connectivity index (χ4v) is 3.15. The summed E-state index contributed by atoms with van der Waals surface area (Å²) in [5.74, 6) is 0.346. The number of urea groups is 1. The van der Waals surface area contributed by atoms with Crippen LogP contribution in [-0.4, -0.2) is 35.3 Å². The van der Waals surface area contributed by atoms with Gasteiger partial charge >= 0.3 is 12.1 Å². The predicted molar refractivity (Wildman–Crippen MR) is 101 cm³/mol. The van der Waals surface area contributed by atoms with Crippen LogP contribution >= 0.6 is 0 Å². The molecular weight excluding hydrogens is 332 g/mol. The number of amides is 3. The van der Waals surface area contributed by atoms with Crippen molar-refractivity contribution in [2.24, 2.45) is 5.92 Å². The number of aromatic nitrogens is 1. The highest BCUT2D eigenvalue weighted by Gasteiger charge is 2.26. The normalized spacial score (nSPS) is 16.4. The molecule has 0 bridgehead atoms. The van der Waals surface area contributed by atoms with E-state index < -0.39 is 11.7 Å². The average molecular weight is 362 g/mol. The largest absolute Gasteiger partial charge is 0.444 e. The Labute approximate surface area is 155 Å². The molecule has 0 saturated heterocycles. The molecule has 1 aromatic rings. The molecule has 3 amide bonds. The van der Waals surface area contributed by atoms with Crippen molar-refractivity contribution in [2.45, 2.75) is 64.5 Å². The topological polar surface area (TPSA) is 92.4 Å². The van der Waals surface area contributed by atoms with E-state index in [1.807, 2.05) is 20.8 Å². The van der Waals surface area contributed by atoms with Gasteiger partial charge in [-0.3, -0.25) is 4.98 Å². The number of pyridine rings is 1. The van der Waals surface area contributed by atoms with E-state index in [1.165, 1.54) is 6.42 Å². The number of alkyl carbamates (subject to hydrolysis) is 1. The van der Waals surface area contributed by atoms with Crippen molar-refractivity contribution >= 4 is 17.8 Å². The minimum Gasteiger partial charge on any atom is -0.444 e. The summed E-state index contributed by atoms with van der Waals surface area (Å²) < 4.78 is 5.29. The summed E-state index contributed by atoms with van der Waals surface area (Å²) in [5, 5.41) is 8.58. The lowest BCUT2D eigenvalue weighted by molar-refractivity contribution is 0.0516. The summed E-state index contributed by atoms with van der Waals surface area (Å²) in [5.41, 5.74) is 0.0858. The third kappa shape index (κ3) is 7.29. The molecule has 1 aliphatic rings. The highest BCUT2D eigenvalue weighted by molar-refractivity contribution is 5.89. The van der Waals surface area contributed by atoms with E-state index in [0.29, 0.717) is 18.2 Å². The quantitative estimate of drug-likeness (QED) is 0.745. The van der Waals surface area contributed by atoms with Gasteiger partial charge in [-0.1, -0.05) is 19.3 Å². The summed E-state index contributed by atoms with van der Waals surface area (Å²) >= 11 is 0. The van der Waals surface area contributed by atoms with Gasteiger partial charge in [-0.15, -0.1) is 0 Å². The molecule has 1 heterocycles. The van der Waals surface area contributed by atoms with Crippen molar-refractivity contribution < 1.29 is 14.3 Å². The average Bonchev–Trinajstić information content (AvgIpc) is 2.58. The molecule has 7 heteroatoms. The van der Waals surface area contributed by atoms with Gasteiger partial charge in [0.25, 0.3) is 0 Å². The first-order chi connectivity index (χ1) is 12.3. The Morgan fingerprint density at radius 2 is 2.00 bits per heavy atom. The molecule has 1 aliphatic carbocycles. The standard InChI is InChI=1S/C19H30N4O3/c1-19(2,3)26-18(25)21-13-16(14-8-5-4-6-9-14)23-17(24)22-15-10-7-11-20-12-15/h7,10-12,14,16H,4-6,8-9,13H2,1-3H3,(H,21,25)(H2,22,23,24)/t16-/m0/s1. The minimum atomic E-state index is -0.546. The number of carbonyl (C=O) groups is 2. The molecule has 1 aromatic heterocycles. The molecule has 0 aromatic carbocycles. The maximum atomic E-state index is 12.3. The van der Waals surface area contributed by atoms with Gasteiger partial charge in [-0.2, -0.15) is 0 Å². The van der Waals surface area contributed by atoms with Gasteiger partial charge in [0.05, 0.1) is 17.9 Å². The molecular formula is C19H30N4O3. The van der Waals surface area contributed by atoms with E-state index >= 15 is 0 Å². The Morgan fingerprint density at radius 3 is 2.62 bits per heavy atom. The summed E-state index contributed by atoms with van der Waals surface area (Å²) in [4.78, 5) is 28.3. The van der Waals surface area contributed by atoms with Crippen molar-refractivity contribution in [1.29, 1.82) is 0 Å². The molecule has 0 unspecified atom stereocenters. The molecule has 144 valence electrons. The number of anilines is 1. The van der Waals surface area contributed by atoms with E-state index in [1.54, 1.807) is 24.5 Å². The van der Waals surface area contributed by atoms with Crippen LogP contribution in [-0.2, 0) is 4.74 Å². The fourth-order valence-electron chi connectivity index (χ4n) is 3.15. The summed E-state index contributed by atoms with van der Waals surface area (Å²) in [7, 11) is 0. The maximum Gasteiger partial charge on any atom is 0.407 e. The van der Waals surface area contributed by atoms with Crippen LogP contribution in [0.3, 0.4) is 0 Å². The lowest BCUT2D eigenvalue weighted by Crippen LogP contribution is -2.50.